The van der Waals surface area contributed by atoms with Gasteiger partial charge in [-0.2, -0.15) is 0 Å². The SMILES string of the molecule is CC1CN(c2ccc(CNC(=O)c3cccc(Cl)c3)cn2)CC(C)O1. The van der Waals surface area contributed by atoms with Crippen LogP contribution >= 0.6 is 11.6 Å². The summed E-state index contributed by atoms with van der Waals surface area (Å²) < 4.78 is 5.75. The Balaban J connectivity index is 1.58. The number of anilines is 1. The number of amides is 1. The number of halogens is 1. The molecule has 5 nitrogen and oxygen atoms in total. The van der Waals surface area contributed by atoms with Gasteiger partial charge in [0.15, 0.2) is 0 Å². The number of pyridine rings is 1. The number of hydrogen-bond acceptors (Lipinski definition) is 4. The van der Waals surface area contributed by atoms with Gasteiger partial charge < -0.3 is 15.0 Å². The average Bonchev–Trinajstić information content (AvgIpc) is 2.59. The molecule has 25 heavy (non-hydrogen) atoms. The van der Waals surface area contributed by atoms with E-state index < -0.39 is 0 Å². The quantitative estimate of drug-likeness (QED) is 0.910. The topological polar surface area (TPSA) is 54.5 Å². The summed E-state index contributed by atoms with van der Waals surface area (Å²) >= 11 is 5.91. The molecule has 1 amide bonds. The Morgan fingerprint density at radius 2 is 2.04 bits per heavy atom. The molecule has 1 fully saturated rings. The number of ether oxygens (including phenoxy) is 1. The maximum Gasteiger partial charge on any atom is 0.251 e. The van der Waals surface area contributed by atoms with Crippen molar-refractivity contribution in [1.29, 1.82) is 0 Å². The van der Waals surface area contributed by atoms with Crippen molar-refractivity contribution < 1.29 is 9.53 Å². The van der Waals surface area contributed by atoms with E-state index in [-0.39, 0.29) is 18.1 Å². The second kappa shape index (κ2) is 7.85. The van der Waals surface area contributed by atoms with Crippen LogP contribution in [0.25, 0.3) is 0 Å². The van der Waals surface area contributed by atoms with Crippen molar-refractivity contribution in [3.05, 3.63) is 58.7 Å². The van der Waals surface area contributed by atoms with Crippen molar-refractivity contribution in [2.75, 3.05) is 18.0 Å². The highest BCUT2D eigenvalue weighted by atomic mass is 35.5. The van der Waals surface area contributed by atoms with Crippen molar-refractivity contribution in [3.63, 3.8) is 0 Å². The van der Waals surface area contributed by atoms with Gasteiger partial charge in [0.25, 0.3) is 5.91 Å². The summed E-state index contributed by atoms with van der Waals surface area (Å²) in [6.45, 7) is 6.24. The Kier molecular flexibility index (Phi) is 5.56. The zero-order valence-corrected chi connectivity index (χ0v) is 15.2. The zero-order valence-electron chi connectivity index (χ0n) is 14.4. The first-order valence-electron chi connectivity index (χ1n) is 8.40. The van der Waals surface area contributed by atoms with Gasteiger partial charge in [-0.3, -0.25) is 4.79 Å². The van der Waals surface area contributed by atoms with Gasteiger partial charge in [0.05, 0.1) is 12.2 Å². The molecule has 2 unspecified atom stereocenters. The van der Waals surface area contributed by atoms with Gasteiger partial charge in [-0.1, -0.05) is 23.7 Å². The van der Waals surface area contributed by atoms with Gasteiger partial charge in [0.1, 0.15) is 5.82 Å². The summed E-state index contributed by atoms with van der Waals surface area (Å²) in [4.78, 5) is 18.9. The fraction of sp³-hybridized carbons (Fsp3) is 0.368. The number of aromatic nitrogens is 1. The zero-order chi connectivity index (χ0) is 17.8. The standard InChI is InChI=1S/C19H22ClN3O2/c1-13-11-23(12-14(2)25-13)18-7-6-15(9-21-18)10-22-19(24)16-4-3-5-17(20)8-16/h3-9,13-14H,10-12H2,1-2H3,(H,22,24). The molecule has 0 aliphatic carbocycles. The Labute approximate surface area is 153 Å². The van der Waals surface area contributed by atoms with Crippen LogP contribution in [0.15, 0.2) is 42.6 Å². The minimum atomic E-state index is -0.151. The lowest BCUT2D eigenvalue weighted by Crippen LogP contribution is -2.45. The van der Waals surface area contributed by atoms with Crippen molar-refractivity contribution in [1.82, 2.24) is 10.3 Å². The predicted molar refractivity (Wildman–Crippen MR) is 99.1 cm³/mol. The largest absolute Gasteiger partial charge is 0.372 e. The number of benzene rings is 1. The predicted octanol–water partition coefficient (Wildman–Crippen LogP) is 3.28. The molecule has 1 N–H and O–H groups in total. The molecule has 6 heteroatoms. The third-order valence-corrected chi connectivity index (χ3v) is 4.33. The molecule has 3 rings (SSSR count). The van der Waals surface area contributed by atoms with Gasteiger partial charge in [-0.15, -0.1) is 0 Å². The number of hydrogen-bond donors (Lipinski definition) is 1. The maximum atomic E-state index is 12.1. The van der Waals surface area contributed by atoms with Gasteiger partial charge in [0, 0.05) is 36.4 Å². The summed E-state index contributed by atoms with van der Waals surface area (Å²) in [5, 5.41) is 3.43. The average molecular weight is 360 g/mol. The first-order chi connectivity index (χ1) is 12.0. The summed E-state index contributed by atoms with van der Waals surface area (Å²) in [5.41, 5.74) is 1.50. The lowest BCUT2D eigenvalue weighted by molar-refractivity contribution is -0.00546. The molecule has 1 aliphatic rings. The molecule has 1 saturated heterocycles. The van der Waals surface area contributed by atoms with E-state index in [9.17, 15) is 4.79 Å². The van der Waals surface area contributed by atoms with Crippen LogP contribution in [0.2, 0.25) is 5.02 Å². The summed E-state index contributed by atoms with van der Waals surface area (Å²) in [6, 6.07) is 10.9. The Hall–Kier alpha value is -2.11. The third kappa shape index (κ3) is 4.71. The van der Waals surface area contributed by atoms with Crippen LogP contribution in [0.4, 0.5) is 5.82 Å². The maximum absolute atomic E-state index is 12.1. The van der Waals surface area contributed by atoms with Crippen molar-refractivity contribution >= 4 is 23.3 Å². The molecule has 1 aromatic carbocycles. The molecule has 132 valence electrons. The van der Waals surface area contributed by atoms with Crippen LogP contribution in [0.3, 0.4) is 0 Å². The van der Waals surface area contributed by atoms with E-state index in [4.69, 9.17) is 16.3 Å². The molecule has 1 aliphatic heterocycles. The molecule has 0 spiro atoms. The molecule has 0 bridgehead atoms. The summed E-state index contributed by atoms with van der Waals surface area (Å²) in [7, 11) is 0. The second-order valence-electron chi connectivity index (χ2n) is 6.38. The van der Waals surface area contributed by atoms with E-state index in [2.05, 4.69) is 29.0 Å². The minimum absolute atomic E-state index is 0.151. The van der Waals surface area contributed by atoms with E-state index >= 15 is 0 Å². The highest BCUT2D eigenvalue weighted by Crippen LogP contribution is 2.18. The van der Waals surface area contributed by atoms with Crippen molar-refractivity contribution in [2.45, 2.75) is 32.6 Å². The summed E-state index contributed by atoms with van der Waals surface area (Å²) in [6.07, 6.45) is 2.20. The van der Waals surface area contributed by atoms with Crippen LogP contribution < -0.4 is 10.2 Å². The number of nitrogens with one attached hydrogen (secondary N) is 1. The monoisotopic (exact) mass is 359 g/mol. The number of nitrogens with zero attached hydrogens (tertiary/aromatic N) is 2. The van der Waals surface area contributed by atoms with Gasteiger partial charge in [-0.05, 0) is 43.7 Å². The number of rotatable bonds is 4. The second-order valence-corrected chi connectivity index (χ2v) is 6.82. The van der Waals surface area contributed by atoms with E-state index in [1.165, 1.54) is 0 Å². The first kappa shape index (κ1) is 17.7. The number of carbonyl (C=O) groups is 1. The normalized spacial score (nSPS) is 20.4. The molecule has 0 saturated carbocycles. The van der Waals surface area contributed by atoms with Crippen molar-refractivity contribution in [3.8, 4) is 0 Å². The Morgan fingerprint density at radius 3 is 2.68 bits per heavy atom. The van der Waals surface area contributed by atoms with Crippen molar-refractivity contribution in [2.24, 2.45) is 0 Å². The van der Waals surface area contributed by atoms with E-state index in [0.717, 1.165) is 24.5 Å². The Bertz CT molecular complexity index is 726. The van der Waals surface area contributed by atoms with Crippen LogP contribution in [-0.2, 0) is 11.3 Å². The van der Waals surface area contributed by atoms with Crippen LogP contribution in [-0.4, -0.2) is 36.2 Å². The van der Waals surface area contributed by atoms with E-state index in [0.29, 0.717) is 17.1 Å². The fourth-order valence-corrected chi connectivity index (χ4v) is 3.18. The molecule has 2 atom stereocenters. The smallest absolute Gasteiger partial charge is 0.251 e. The van der Waals surface area contributed by atoms with Crippen LogP contribution in [0, 0.1) is 0 Å². The van der Waals surface area contributed by atoms with Gasteiger partial charge in [-0.25, -0.2) is 4.98 Å². The lowest BCUT2D eigenvalue weighted by atomic mass is 10.2. The summed E-state index contributed by atoms with van der Waals surface area (Å²) in [5.74, 6) is 0.786. The molecular weight excluding hydrogens is 338 g/mol. The highest BCUT2D eigenvalue weighted by molar-refractivity contribution is 6.30. The third-order valence-electron chi connectivity index (χ3n) is 4.09. The minimum Gasteiger partial charge on any atom is -0.372 e. The van der Waals surface area contributed by atoms with E-state index in [1.54, 1.807) is 30.5 Å². The first-order valence-corrected chi connectivity index (χ1v) is 8.78. The van der Waals surface area contributed by atoms with Crippen LogP contribution in [0.5, 0.6) is 0 Å². The molecule has 2 aromatic rings. The molecule has 0 radical (unpaired) electrons. The molecular formula is C19H22ClN3O2. The van der Waals surface area contributed by atoms with Gasteiger partial charge in [0.2, 0.25) is 0 Å². The van der Waals surface area contributed by atoms with E-state index in [1.807, 2.05) is 12.1 Å². The van der Waals surface area contributed by atoms with Crippen LogP contribution in [0.1, 0.15) is 29.8 Å². The number of carbonyl (C=O) groups excluding carboxylic acids is 1. The highest BCUT2D eigenvalue weighted by Gasteiger charge is 2.22. The molecule has 1 aromatic heterocycles. The van der Waals surface area contributed by atoms with Gasteiger partial charge >= 0.3 is 0 Å². The molecule has 2 heterocycles. The lowest BCUT2D eigenvalue weighted by Gasteiger charge is -2.36. The number of morpholine rings is 1. The fourth-order valence-electron chi connectivity index (χ4n) is 2.99. The Morgan fingerprint density at radius 1 is 1.28 bits per heavy atom.